The average Bonchev–Trinajstić information content (AvgIpc) is 2.33. The summed E-state index contributed by atoms with van der Waals surface area (Å²) in [6, 6.07) is 8.27. The third kappa shape index (κ3) is 1.48. The minimum atomic E-state index is 0.0482. The Labute approximate surface area is 97.0 Å². The van der Waals surface area contributed by atoms with Gasteiger partial charge in [-0.15, -0.1) is 0 Å². The highest BCUT2D eigenvalue weighted by Crippen LogP contribution is 2.42. The summed E-state index contributed by atoms with van der Waals surface area (Å²) in [5.74, 6) is 1.68. The summed E-state index contributed by atoms with van der Waals surface area (Å²) >= 11 is 0. The van der Waals surface area contributed by atoms with Crippen LogP contribution < -0.4 is 10.1 Å². The first-order valence-corrected chi connectivity index (χ1v) is 6.32. The minimum Gasteiger partial charge on any atom is -0.483 e. The van der Waals surface area contributed by atoms with Crippen molar-refractivity contribution in [1.82, 2.24) is 0 Å². The van der Waals surface area contributed by atoms with Gasteiger partial charge in [-0.3, -0.25) is 0 Å². The summed E-state index contributed by atoms with van der Waals surface area (Å²) in [7, 11) is 0. The summed E-state index contributed by atoms with van der Waals surface area (Å²) in [5, 5.41) is 3.53. The van der Waals surface area contributed by atoms with Crippen LogP contribution in [-0.2, 0) is 0 Å². The van der Waals surface area contributed by atoms with Gasteiger partial charge in [-0.05, 0) is 37.3 Å². The van der Waals surface area contributed by atoms with Crippen LogP contribution in [0.3, 0.4) is 0 Å². The molecule has 16 heavy (non-hydrogen) atoms. The van der Waals surface area contributed by atoms with Crippen molar-refractivity contribution in [2.75, 3.05) is 11.9 Å². The van der Waals surface area contributed by atoms with Crippen molar-refractivity contribution < 1.29 is 4.74 Å². The van der Waals surface area contributed by atoms with E-state index in [0.29, 0.717) is 5.92 Å². The first-order chi connectivity index (χ1) is 7.80. The molecule has 2 nitrogen and oxygen atoms in total. The molecule has 1 aliphatic carbocycles. The van der Waals surface area contributed by atoms with Crippen LogP contribution in [0.5, 0.6) is 5.75 Å². The molecule has 1 aromatic rings. The van der Waals surface area contributed by atoms with Gasteiger partial charge in [-0.2, -0.15) is 0 Å². The van der Waals surface area contributed by atoms with E-state index in [0.717, 1.165) is 18.0 Å². The van der Waals surface area contributed by atoms with Crippen molar-refractivity contribution in [2.24, 2.45) is 5.92 Å². The Balaban J connectivity index is 1.91. The van der Waals surface area contributed by atoms with Crippen LogP contribution in [0.2, 0.25) is 0 Å². The maximum absolute atomic E-state index is 6.31. The molecule has 3 rings (SSSR count). The van der Waals surface area contributed by atoms with Crippen LogP contribution >= 0.6 is 0 Å². The topological polar surface area (TPSA) is 21.3 Å². The van der Waals surface area contributed by atoms with Gasteiger partial charge < -0.3 is 10.1 Å². The standard InChI is InChI=1S/C14H19NO/c1-11-6-4-5-9-14(11)10-15-12-7-2-3-8-13(12)16-14/h2-3,7-8,11,15H,4-6,9-10H2,1H3. The Bertz CT molecular complexity index is 390. The van der Waals surface area contributed by atoms with Gasteiger partial charge in [-0.25, -0.2) is 0 Å². The molecular weight excluding hydrogens is 198 g/mol. The van der Waals surface area contributed by atoms with Gasteiger partial charge in [0.25, 0.3) is 0 Å². The lowest BCUT2D eigenvalue weighted by atomic mass is 9.75. The zero-order valence-corrected chi connectivity index (χ0v) is 9.83. The third-order valence-electron chi connectivity index (χ3n) is 4.16. The molecule has 0 radical (unpaired) electrons. The SMILES string of the molecule is CC1CCCCC12CNc1ccccc1O2. The van der Waals surface area contributed by atoms with E-state index in [1.165, 1.54) is 25.7 Å². The molecule has 0 saturated heterocycles. The fourth-order valence-corrected chi connectivity index (χ4v) is 3.00. The Morgan fingerprint density at radius 3 is 3.06 bits per heavy atom. The molecule has 0 amide bonds. The fraction of sp³-hybridized carbons (Fsp3) is 0.571. The van der Waals surface area contributed by atoms with Crippen molar-refractivity contribution in [3.05, 3.63) is 24.3 Å². The molecule has 1 heterocycles. The quantitative estimate of drug-likeness (QED) is 0.718. The third-order valence-corrected chi connectivity index (χ3v) is 4.16. The molecule has 1 N–H and O–H groups in total. The predicted octanol–water partition coefficient (Wildman–Crippen LogP) is 3.44. The number of para-hydroxylation sites is 2. The molecule has 2 unspecified atom stereocenters. The zero-order chi connectivity index (χ0) is 11.0. The second-order valence-electron chi connectivity index (χ2n) is 5.16. The second kappa shape index (κ2) is 3.69. The molecule has 2 atom stereocenters. The summed E-state index contributed by atoms with van der Waals surface area (Å²) < 4.78 is 6.31. The molecule has 0 bridgehead atoms. The van der Waals surface area contributed by atoms with Gasteiger partial charge in [0.2, 0.25) is 0 Å². The molecule has 1 saturated carbocycles. The largest absolute Gasteiger partial charge is 0.483 e. The lowest BCUT2D eigenvalue weighted by Crippen LogP contribution is -2.52. The van der Waals surface area contributed by atoms with Crippen molar-refractivity contribution in [1.29, 1.82) is 0 Å². The maximum atomic E-state index is 6.31. The average molecular weight is 217 g/mol. The van der Waals surface area contributed by atoms with E-state index in [1.54, 1.807) is 0 Å². The van der Waals surface area contributed by atoms with Crippen LogP contribution in [0.15, 0.2) is 24.3 Å². The molecule has 1 aliphatic heterocycles. The molecule has 2 aliphatic rings. The van der Waals surface area contributed by atoms with Crippen LogP contribution in [-0.4, -0.2) is 12.1 Å². The van der Waals surface area contributed by atoms with E-state index in [1.807, 2.05) is 6.07 Å². The van der Waals surface area contributed by atoms with Crippen LogP contribution in [0, 0.1) is 5.92 Å². The lowest BCUT2D eigenvalue weighted by molar-refractivity contribution is -0.00966. The van der Waals surface area contributed by atoms with Gasteiger partial charge >= 0.3 is 0 Å². The fourth-order valence-electron chi connectivity index (χ4n) is 3.00. The first-order valence-electron chi connectivity index (χ1n) is 6.32. The van der Waals surface area contributed by atoms with E-state index in [9.17, 15) is 0 Å². The summed E-state index contributed by atoms with van der Waals surface area (Å²) in [6.45, 7) is 3.29. The molecule has 1 aromatic carbocycles. The van der Waals surface area contributed by atoms with E-state index < -0.39 is 0 Å². The van der Waals surface area contributed by atoms with E-state index in [2.05, 4.69) is 30.4 Å². The lowest BCUT2D eigenvalue weighted by Gasteiger charge is -2.46. The highest BCUT2D eigenvalue weighted by atomic mass is 16.5. The second-order valence-corrected chi connectivity index (χ2v) is 5.16. The van der Waals surface area contributed by atoms with Crippen LogP contribution in [0.25, 0.3) is 0 Å². The van der Waals surface area contributed by atoms with E-state index in [-0.39, 0.29) is 5.60 Å². The molecular formula is C14H19NO. The monoisotopic (exact) mass is 217 g/mol. The van der Waals surface area contributed by atoms with Crippen molar-refractivity contribution in [2.45, 2.75) is 38.2 Å². The summed E-state index contributed by atoms with van der Waals surface area (Å²) in [5.41, 5.74) is 1.19. The van der Waals surface area contributed by atoms with E-state index in [4.69, 9.17) is 4.74 Å². The van der Waals surface area contributed by atoms with Gasteiger partial charge in [0.1, 0.15) is 11.4 Å². The predicted molar refractivity (Wildman–Crippen MR) is 65.9 cm³/mol. The Hall–Kier alpha value is -1.18. The van der Waals surface area contributed by atoms with Gasteiger partial charge in [0.15, 0.2) is 0 Å². The van der Waals surface area contributed by atoms with Crippen molar-refractivity contribution in [3.8, 4) is 5.75 Å². The summed E-state index contributed by atoms with van der Waals surface area (Å²) in [4.78, 5) is 0. The molecule has 1 spiro atoms. The highest BCUT2D eigenvalue weighted by molar-refractivity contribution is 5.58. The number of fused-ring (bicyclic) bond motifs is 1. The van der Waals surface area contributed by atoms with Gasteiger partial charge in [0, 0.05) is 0 Å². The molecule has 0 aromatic heterocycles. The number of nitrogens with one attached hydrogen (secondary N) is 1. The normalized spacial score (nSPS) is 32.7. The molecule has 2 heteroatoms. The Morgan fingerprint density at radius 1 is 1.31 bits per heavy atom. The molecule has 1 fully saturated rings. The summed E-state index contributed by atoms with van der Waals surface area (Å²) in [6.07, 6.45) is 5.14. The van der Waals surface area contributed by atoms with Gasteiger partial charge in [-0.1, -0.05) is 25.5 Å². The van der Waals surface area contributed by atoms with Gasteiger partial charge in [0.05, 0.1) is 12.2 Å². The number of ether oxygens (including phenoxy) is 1. The molecule has 86 valence electrons. The number of benzene rings is 1. The van der Waals surface area contributed by atoms with Crippen LogP contribution in [0.1, 0.15) is 32.6 Å². The number of hydrogen-bond acceptors (Lipinski definition) is 2. The number of anilines is 1. The maximum Gasteiger partial charge on any atom is 0.143 e. The number of rotatable bonds is 0. The van der Waals surface area contributed by atoms with Crippen LogP contribution in [0.4, 0.5) is 5.69 Å². The highest BCUT2D eigenvalue weighted by Gasteiger charge is 2.42. The van der Waals surface area contributed by atoms with Crippen molar-refractivity contribution >= 4 is 5.69 Å². The zero-order valence-electron chi connectivity index (χ0n) is 9.83. The smallest absolute Gasteiger partial charge is 0.143 e. The minimum absolute atomic E-state index is 0.0482. The van der Waals surface area contributed by atoms with Crippen molar-refractivity contribution in [3.63, 3.8) is 0 Å². The Morgan fingerprint density at radius 2 is 2.19 bits per heavy atom. The number of hydrogen-bond donors (Lipinski definition) is 1. The Kier molecular flexibility index (Phi) is 2.31. The first kappa shape index (κ1) is 10.0. The van der Waals surface area contributed by atoms with E-state index >= 15 is 0 Å².